The topological polar surface area (TPSA) is 75.8 Å². The third kappa shape index (κ3) is 6.26. The van der Waals surface area contributed by atoms with Crippen LogP contribution in [0.5, 0.6) is 0 Å². The van der Waals surface area contributed by atoms with Crippen molar-refractivity contribution in [3.8, 4) is 0 Å². The zero-order valence-corrected chi connectivity index (χ0v) is 14.3. The number of epoxide rings is 1. The van der Waals surface area contributed by atoms with Gasteiger partial charge in [0.15, 0.2) is 11.6 Å². The Bertz CT molecular complexity index is 456. The fraction of sp³-hybridized carbons (Fsp3) is 0.824. The van der Waals surface area contributed by atoms with Crippen molar-refractivity contribution in [3.05, 3.63) is 0 Å². The van der Waals surface area contributed by atoms with E-state index in [0.717, 1.165) is 0 Å². The highest BCUT2D eigenvalue weighted by Gasteiger charge is 2.48. The quantitative estimate of drug-likeness (QED) is 0.627. The van der Waals surface area contributed by atoms with Crippen LogP contribution in [0, 0.1) is 17.7 Å². The van der Waals surface area contributed by atoms with E-state index in [2.05, 4.69) is 5.32 Å². The van der Waals surface area contributed by atoms with Crippen LogP contribution in [0.4, 0.5) is 0 Å². The van der Waals surface area contributed by atoms with Crippen molar-refractivity contribution in [2.45, 2.75) is 66.1 Å². The summed E-state index contributed by atoms with van der Waals surface area (Å²) in [5.74, 6) is -1.19. The minimum atomic E-state index is -0.665. The Balaban J connectivity index is 2.53. The largest absolute Gasteiger partial charge is 0.356 e. The number of ketones is 2. The highest BCUT2D eigenvalue weighted by Crippen LogP contribution is 2.27. The number of carbonyl (C=O) groups excluding carboxylic acids is 3. The van der Waals surface area contributed by atoms with E-state index in [1.807, 2.05) is 13.8 Å². The van der Waals surface area contributed by atoms with Crippen LogP contribution in [0.1, 0.15) is 55.3 Å². The van der Waals surface area contributed by atoms with Crippen LogP contribution in [0.2, 0.25) is 0 Å². The van der Waals surface area contributed by atoms with Crippen LogP contribution in [-0.2, 0) is 19.1 Å². The summed E-state index contributed by atoms with van der Waals surface area (Å²) < 4.78 is 12.9. The van der Waals surface area contributed by atoms with Crippen molar-refractivity contribution in [3.63, 3.8) is 0 Å². The molecule has 3 atom stereocenters. The first-order valence-corrected chi connectivity index (χ1v) is 7.97. The van der Waals surface area contributed by atoms with Gasteiger partial charge in [-0.05, 0) is 31.6 Å². The molecule has 0 saturated carbocycles. The molecule has 1 N–H and O–H groups in total. The highest BCUT2D eigenvalue weighted by molar-refractivity contribution is 5.97. The Morgan fingerprint density at radius 2 is 1.82 bits per heavy atom. The molecule has 1 fully saturated rings. The molecule has 0 aromatic carbocycles. The second-order valence-corrected chi connectivity index (χ2v) is 6.83. The Kier molecular flexibility index (Phi) is 6.55. The molecule has 0 aromatic heterocycles. The number of amides is 1. The van der Waals surface area contributed by atoms with Gasteiger partial charge in [-0.1, -0.05) is 27.7 Å². The van der Waals surface area contributed by atoms with Gasteiger partial charge in [-0.25, -0.2) is 0 Å². The molecular weight excluding hydrogens is 282 g/mol. The smallest absolute Gasteiger partial charge is 0.223 e. The molecule has 0 radical (unpaired) electrons. The van der Waals surface area contributed by atoms with Crippen molar-refractivity contribution < 1.29 is 20.5 Å². The van der Waals surface area contributed by atoms with Crippen LogP contribution in [0.15, 0.2) is 0 Å². The fourth-order valence-electron chi connectivity index (χ4n) is 2.46. The first-order valence-electron chi connectivity index (χ1n) is 8.47. The molecule has 126 valence electrons. The molecule has 5 heteroatoms. The standard InChI is InChI=1S/C17H29NO4/c1-10(2)6-7-18-17(21)13(8-11(3)4)9-14(20)16-15(22-16)12(5)19/h10-11,13,15-16H,6-9H2,1-5H3,(H,18,21)/t13-,15-,16-/m1/s1/i10D. The first kappa shape index (κ1) is 17.1. The molecule has 22 heavy (non-hydrogen) atoms. The van der Waals surface area contributed by atoms with Gasteiger partial charge in [0.05, 0.1) is 0 Å². The summed E-state index contributed by atoms with van der Waals surface area (Å²) in [6.45, 7) is 9.42. The number of nitrogens with one attached hydrogen (secondary N) is 1. The Morgan fingerprint density at radius 3 is 2.27 bits per heavy atom. The number of hydrogen-bond donors (Lipinski definition) is 1. The van der Waals surface area contributed by atoms with Crippen molar-refractivity contribution in [1.29, 1.82) is 0 Å². The van der Waals surface area contributed by atoms with Crippen LogP contribution >= 0.6 is 0 Å². The van der Waals surface area contributed by atoms with E-state index in [0.29, 0.717) is 19.4 Å². The van der Waals surface area contributed by atoms with Gasteiger partial charge in [0, 0.05) is 20.3 Å². The lowest BCUT2D eigenvalue weighted by Crippen LogP contribution is -2.34. The molecule has 0 bridgehead atoms. The summed E-state index contributed by atoms with van der Waals surface area (Å²) in [7, 11) is 0. The van der Waals surface area contributed by atoms with E-state index in [1.54, 1.807) is 13.8 Å². The molecule has 1 heterocycles. The van der Waals surface area contributed by atoms with Crippen LogP contribution in [-0.4, -0.2) is 36.2 Å². The fourth-order valence-corrected chi connectivity index (χ4v) is 2.46. The third-order valence-electron chi connectivity index (χ3n) is 3.71. The molecule has 1 rings (SSSR count). The second-order valence-electron chi connectivity index (χ2n) is 6.83. The SMILES string of the molecule is [2H]C(C)(C)CCNC(=O)[C@@H](CC(=O)[C@H]1O[C@@H]1C(C)=O)CC(C)C. The lowest BCUT2D eigenvalue weighted by molar-refractivity contribution is -0.130. The van der Waals surface area contributed by atoms with Gasteiger partial charge < -0.3 is 10.1 Å². The maximum atomic E-state index is 12.3. The lowest BCUT2D eigenvalue weighted by atomic mass is 9.90. The van der Waals surface area contributed by atoms with Gasteiger partial charge in [0.1, 0.15) is 12.2 Å². The van der Waals surface area contributed by atoms with Gasteiger partial charge in [0.25, 0.3) is 0 Å². The molecule has 1 amide bonds. The van der Waals surface area contributed by atoms with E-state index >= 15 is 0 Å². The predicted octanol–water partition coefficient (Wildman–Crippen LogP) is 2.13. The molecular formula is C17H29NO4. The number of Topliss-reactive ketones (excluding diaryl/α,β-unsaturated/α-hetero) is 2. The zero-order chi connectivity index (χ0) is 17.8. The van der Waals surface area contributed by atoms with Gasteiger partial charge in [-0.15, -0.1) is 0 Å². The van der Waals surface area contributed by atoms with E-state index in [4.69, 9.17) is 6.11 Å². The first-order chi connectivity index (χ1) is 10.5. The number of ether oxygens (including phenoxy) is 1. The molecule has 0 spiro atoms. The average molecular weight is 312 g/mol. The Labute approximate surface area is 134 Å². The third-order valence-corrected chi connectivity index (χ3v) is 3.71. The minimum Gasteiger partial charge on any atom is -0.356 e. The van der Waals surface area contributed by atoms with E-state index in [-0.39, 0.29) is 29.8 Å². The molecule has 0 aliphatic carbocycles. The van der Waals surface area contributed by atoms with Crippen LogP contribution in [0.25, 0.3) is 0 Å². The van der Waals surface area contributed by atoms with Gasteiger partial charge >= 0.3 is 0 Å². The maximum Gasteiger partial charge on any atom is 0.223 e. The molecule has 5 nitrogen and oxygen atoms in total. The van der Waals surface area contributed by atoms with Crippen molar-refractivity contribution >= 4 is 17.5 Å². The van der Waals surface area contributed by atoms with E-state index in [9.17, 15) is 14.4 Å². The molecule has 1 aliphatic rings. The van der Waals surface area contributed by atoms with Gasteiger partial charge in [-0.3, -0.25) is 14.4 Å². The maximum absolute atomic E-state index is 12.3. The van der Waals surface area contributed by atoms with E-state index < -0.39 is 24.0 Å². The van der Waals surface area contributed by atoms with Crippen molar-refractivity contribution in [1.82, 2.24) is 5.32 Å². The van der Waals surface area contributed by atoms with Crippen LogP contribution < -0.4 is 5.32 Å². The lowest BCUT2D eigenvalue weighted by Gasteiger charge is -2.18. The Hall–Kier alpha value is -1.23. The molecule has 1 aliphatic heterocycles. The van der Waals surface area contributed by atoms with Gasteiger partial charge in [-0.2, -0.15) is 0 Å². The van der Waals surface area contributed by atoms with Crippen LogP contribution in [0.3, 0.4) is 0 Å². The number of rotatable bonds is 10. The second kappa shape index (κ2) is 8.42. The normalized spacial score (nSPS) is 22.9. The average Bonchev–Trinajstić information content (AvgIpc) is 3.15. The van der Waals surface area contributed by atoms with E-state index in [1.165, 1.54) is 6.92 Å². The summed E-state index contributed by atoms with van der Waals surface area (Å²) in [6.07, 6.45) is -0.0159. The Morgan fingerprint density at radius 1 is 1.18 bits per heavy atom. The summed E-state index contributed by atoms with van der Waals surface area (Å²) >= 11 is 0. The summed E-state index contributed by atoms with van der Waals surface area (Å²) in [6, 6.07) is 0. The predicted molar refractivity (Wildman–Crippen MR) is 84.4 cm³/mol. The van der Waals surface area contributed by atoms with Crippen molar-refractivity contribution in [2.75, 3.05) is 6.54 Å². The summed E-state index contributed by atoms with van der Waals surface area (Å²) in [4.78, 5) is 35.7. The summed E-state index contributed by atoms with van der Waals surface area (Å²) in [5.41, 5.74) is 0. The van der Waals surface area contributed by atoms with Crippen molar-refractivity contribution in [2.24, 2.45) is 17.7 Å². The molecule has 0 aromatic rings. The minimum absolute atomic E-state index is 0.0999. The molecule has 1 saturated heterocycles. The summed E-state index contributed by atoms with van der Waals surface area (Å²) in [5, 5.41) is 2.82. The zero-order valence-electron chi connectivity index (χ0n) is 15.3. The number of carbonyl (C=O) groups is 3. The van der Waals surface area contributed by atoms with Gasteiger partial charge in [0.2, 0.25) is 5.91 Å². The highest BCUT2D eigenvalue weighted by atomic mass is 16.6. The molecule has 0 unspecified atom stereocenters. The number of hydrogen-bond acceptors (Lipinski definition) is 4. The monoisotopic (exact) mass is 312 g/mol.